The molecule has 0 aliphatic carbocycles. The Labute approximate surface area is 83.7 Å². The molecule has 1 radical (unpaired) electrons. The van der Waals surface area contributed by atoms with Crippen LogP contribution in [-0.4, -0.2) is 59.6 Å². The minimum absolute atomic E-state index is 0. The summed E-state index contributed by atoms with van der Waals surface area (Å²) in [7, 11) is 0. The third-order valence-electron chi connectivity index (χ3n) is 0. The van der Waals surface area contributed by atoms with Crippen LogP contribution >= 0.6 is 0 Å². The molecule has 0 saturated heterocycles. The van der Waals surface area contributed by atoms with Gasteiger partial charge in [0.2, 0.25) is 0 Å². The van der Waals surface area contributed by atoms with Gasteiger partial charge >= 0.3 is 43.9 Å². The fraction of sp³-hybridized carbons (Fsp3) is 0. The standard InChI is InChI=1S/CH2O3.Ca.Cu.H2O.2H/c2-1(3)4;;;;;/h(H2,2,3,4);;;1H2;;/q;+2;;;2*-1. The van der Waals surface area contributed by atoms with E-state index in [-0.39, 0.29) is 63.1 Å². The van der Waals surface area contributed by atoms with Gasteiger partial charge in [0.15, 0.2) is 0 Å². The molecule has 0 rings (SSSR count). The summed E-state index contributed by atoms with van der Waals surface area (Å²) in [6.45, 7) is 0. The predicted octanol–water partition coefficient (Wildman–Crippen LogP) is -0.761. The second-order valence-corrected chi connectivity index (χ2v) is 0.283. The van der Waals surface area contributed by atoms with Gasteiger partial charge in [-0.3, -0.25) is 0 Å². The molecule has 0 fully saturated rings. The number of hydrogen-bond acceptors (Lipinski definition) is 1. The van der Waals surface area contributed by atoms with Crippen molar-refractivity contribution in [3.05, 3.63) is 0 Å². The summed E-state index contributed by atoms with van der Waals surface area (Å²) in [6, 6.07) is 0. The van der Waals surface area contributed by atoms with Crippen molar-refractivity contribution in [3.63, 3.8) is 0 Å². The second-order valence-electron chi connectivity index (χ2n) is 0.283. The first-order valence-corrected chi connectivity index (χ1v) is 0.651. The van der Waals surface area contributed by atoms with Crippen LogP contribution in [0.3, 0.4) is 0 Å². The van der Waals surface area contributed by atoms with E-state index in [1.165, 1.54) is 0 Å². The Kier molecular flexibility index (Phi) is 55.1. The molecule has 47 valence electrons. The van der Waals surface area contributed by atoms with Gasteiger partial charge in [0.05, 0.1) is 0 Å². The van der Waals surface area contributed by atoms with Crippen LogP contribution in [0.25, 0.3) is 0 Å². The largest absolute Gasteiger partial charge is 2.00 e. The minimum atomic E-state index is -1.83. The molecular formula is CH6CaCuO4. The third-order valence-corrected chi connectivity index (χ3v) is 0. The summed E-state index contributed by atoms with van der Waals surface area (Å²) in [6.07, 6.45) is -1.83. The molecule has 0 unspecified atom stereocenters. The Morgan fingerprint density at radius 2 is 1.43 bits per heavy atom. The summed E-state index contributed by atoms with van der Waals surface area (Å²) in [4.78, 5) is 8.56. The molecule has 0 heterocycles. The van der Waals surface area contributed by atoms with Crippen molar-refractivity contribution in [3.8, 4) is 0 Å². The van der Waals surface area contributed by atoms with Crippen LogP contribution < -0.4 is 0 Å². The fourth-order valence-electron chi connectivity index (χ4n) is 0. The van der Waals surface area contributed by atoms with Crippen molar-refractivity contribution in [2.45, 2.75) is 0 Å². The zero-order valence-electron chi connectivity index (χ0n) is 5.31. The van der Waals surface area contributed by atoms with Gasteiger partial charge < -0.3 is 18.5 Å². The fourth-order valence-corrected chi connectivity index (χ4v) is 0. The van der Waals surface area contributed by atoms with Gasteiger partial charge in [-0.1, -0.05) is 0 Å². The zero-order chi connectivity index (χ0) is 3.58. The molecule has 0 bridgehead atoms. The molecule has 4 nitrogen and oxygen atoms in total. The summed E-state index contributed by atoms with van der Waals surface area (Å²) < 4.78 is 0. The van der Waals surface area contributed by atoms with Crippen LogP contribution in [-0.2, 0) is 17.1 Å². The molecule has 0 aromatic heterocycles. The number of hydrogen-bond donors (Lipinski definition) is 2. The SMILES string of the molecule is O.O=C(O)O.[Ca+2].[Cu].[H-].[H-]. The van der Waals surface area contributed by atoms with E-state index < -0.39 is 6.16 Å². The van der Waals surface area contributed by atoms with Crippen molar-refractivity contribution in [1.29, 1.82) is 0 Å². The Balaban J connectivity index is -0.00000000450. The molecule has 4 N–H and O–H groups in total. The van der Waals surface area contributed by atoms with Gasteiger partial charge in [0.1, 0.15) is 0 Å². The predicted molar refractivity (Wildman–Crippen MR) is 22.2 cm³/mol. The first kappa shape index (κ1) is 24.5. The van der Waals surface area contributed by atoms with Gasteiger partial charge in [0.25, 0.3) is 0 Å². The Bertz CT molecular complexity index is 41.5. The maximum atomic E-state index is 8.56. The molecule has 0 aromatic carbocycles. The Morgan fingerprint density at radius 3 is 1.43 bits per heavy atom. The quantitative estimate of drug-likeness (QED) is 0.487. The molecule has 0 atom stereocenters. The molecule has 0 saturated carbocycles. The topological polar surface area (TPSA) is 89.0 Å². The van der Waals surface area contributed by atoms with E-state index in [2.05, 4.69) is 0 Å². The van der Waals surface area contributed by atoms with E-state index in [1.54, 1.807) is 0 Å². The zero-order valence-corrected chi connectivity index (χ0v) is 6.46. The summed E-state index contributed by atoms with van der Waals surface area (Å²) in [5.74, 6) is 0. The van der Waals surface area contributed by atoms with Crippen LogP contribution in [0.2, 0.25) is 0 Å². The van der Waals surface area contributed by atoms with Crippen LogP contribution in [0, 0.1) is 0 Å². The molecule has 0 amide bonds. The molecular weight excluding hydrogens is 180 g/mol. The number of rotatable bonds is 0. The maximum Gasteiger partial charge on any atom is 2.00 e. The monoisotopic (exact) mass is 185 g/mol. The molecule has 0 aliphatic heterocycles. The summed E-state index contributed by atoms with van der Waals surface area (Å²) in [5, 5.41) is 13.9. The van der Waals surface area contributed by atoms with Gasteiger partial charge in [-0.05, 0) is 0 Å². The van der Waals surface area contributed by atoms with Crippen molar-refractivity contribution in [2.75, 3.05) is 0 Å². The summed E-state index contributed by atoms with van der Waals surface area (Å²) in [5.41, 5.74) is 0. The van der Waals surface area contributed by atoms with E-state index in [0.29, 0.717) is 0 Å². The van der Waals surface area contributed by atoms with E-state index in [9.17, 15) is 0 Å². The molecule has 0 aromatic rings. The first-order valence-electron chi connectivity index (χ1n) is 0.651. The molecule has 0 spiro atoms. The smallest absolute Gasteiger partial charge is 1.00 e. The van der Waals surface area contributed by atoms with Gasteiger partial charge in [-0.15, -0.1) is 0 Å². The van der Waals surface area contributed by atoms with Crippen molar-refractivity contribution in [1.82, 2.24) is 0 Å². The molecule has 7 heavy (non-hydrogen) atoms. The van der Waals surface area contributed by atoms with Gasteiger partial charge in [-0.25, -0.2) is 4.79 Å². The van der Waals surface area contributed by atoms with E-state index in [1.807, 2.05) is 0 Å². The Hall–Kier alpha value is 1.01. The van der Waals surface area contributed by atoms with Crippen LogP contribution in [0.5, 0.6) is 0 Å². The number of carbonyl (C=O) groups is 1. The molecule has 6 heteroatoms. The van der Waals surface area contributed by atoms with Crippen LogP contribution in [0.1, 0.15) is 2.85 Å². The van der Waals surface area contributed by atoms with Gasteiger partial charge in [-0.2, -0.15) is 0 Å². The van der Waals surface area contributed by atoms with E-state index in [4.69, 9.17) is 15.0 Å². The van der Waals surface area contributed by atoms with E-state index in [0.717, 1.165) is 0 Å². The van der Waals surface area contributed by atoms with Gasteiger partial charge in [0, 0.05) is 17.1 Å². The van der Waals surface area contributed by atoms with E-state index >= 15 is 0 Å². The average molecular weight is 186 g/mol. The average Bonchev–Trinajstić information content (AvgIpc) is 0.811. The Morgan fingerprint density at radius 1 is 1.43 bits per heavy atom. The number of carboxylic acid groups (broad SMARTS) is 2. The summed E-state index contributed by atoms with van der Waals surface area (Å²) >= 11 is 0. The van der Waals surface area contributed by atoms with Crippen molar-refractivity contribution in [2.24, 2.45) is 0 Å². The first-order chi connectivity index (χ1) is 1.73. The van der Waals surface area contributed by atoms with Crippen molar-refractivity contribution >= 4 is 43.9 Å². The van der Waals surface area contributed by atoms with Crippen LogP contribution in [0.4, 0.5) is 4.79 Å². The normalized spacial score (nSPS) is 3.43. The van der Waals surface area contributed by atoms with Crippen LogP contribution in [0.15, 0.2) is 0 Å². The second kappa shape index (κ2) is 15.7. The minimum Gasteiger partial charge on any atom is -1.00 e. The third kappa shape index (κ3) is 173. The van der Waals surface area contributed by atoms with Crippen molar-refractivity contribution < 1.29 is 40.4 Å². The molecule has 0 aliphatic rings. The maximum absolute atomic E-state index is 8.56.